The third-order valence-corrected chi connectivity index (χ3v) is 5.05. The standard InChI is InChI=1S/C18H14ClN5OS/c1-23(8-14-6-7-20-11-21-14)17(25)16-10-26-18-22-15(9-24(16)18)12-2-4-13(19)5-3-12/h2-7,9-11H,8H2,1H3. The van der Waals surface area contributed by atoms with Crippen LogP contribution in [0.15, 0.2) is 54.4 Å². The summed E-state index contributed by atoms with van der Waals surface area (Å²) in [5, 5.41) is 2.50. The van der Waals surface area contributed by atoms with Crippen LogP contribution in [0.1, 0.15) is 16.2 Å². The van der Waals surface area contributed by atoms with Gasteiger partial charge in [-0.3, -0.25) is 9.20 Å². The van der Waals surface area contributed by atoms with Gasteiger partial charge in [-0.25, -0.2) is 15.0 Å². The minimum atomic E-state index is -0.0880. The van der Waals surface area contributed by atoms with E-state index in [1.165, 1.54) is 17.7 Å². The predicted molar refractivity (Wildman–Crippen MR) is 101 cm³/mol. The Kier molecular flexibility index (Phi) is 4.40. The molecule has 0 unspecified atom stereocenters. The van der Waals surface area contributed by atoms with Crippen LogP contribution in [-0.4, -0.2) is 37.2 Å². The molecule has 1 amide bonds. The van der Waals surface area contributed by atoms with Crippen LogP contribution >= 0.6 is 22.9 Å². The number of imidazole rings is 1. The Morgan fingerprint density at radius 2 is 2.08 bits per heavy atom. The van der Waals surface area contributed by atoms with Gasteiger partial charge in [0.25, 0.3) is 5.91 Å². The van der Waals surface area contributed by atoms with Crippen LogP contribution < -0.4 is 0 Å². The molecule has 3 heterocycles. The Hall–Kier alpha value is -2.77. The van der Waals surface area contributed by atoms with Gasteiger partial charge < -0.3 is 4.90 Å². The SMILES string of the molecule is CN(Cc1ccncn1)C(=O)c1csc2nc(-c3ccc(Cl)cc3)cn12. The molecule has 0 aliphatic rings. The van der Waals surface area contributed by atoms with E-state index in [0.29, 0.717) is 17.3 Å². The molecule has 0 bridgehead atoms. The highest BCUT2D eigenvalue weighted by molar-refractivity contribution is 7.15. The van der Waals surface area contributed by atoms with Crippen LogP contribution in [0.2, 0.25) is 5.02 Å². The summed E-state index contributed by atoms with van der Waals surface area (Å²) in [6.45, 7) is 0.414. The van der Waals surface area contributed by atoms with Crippen molar-refractivity contribution in [2.24, 2.45) is 0 Å². The second-order valence-electron chi connectivity index (χ2n) is 5.77. The summed E-state index contributed by atoms with van der Waals surface area (Å²) in [5.41, 5.74) is 3.13. The Morgan fingerprint density at radius 1 is 1.27 bits per heavy atom. The highest BCUT2D eigenvalue weighted by Gasteiger charge is 2.19. The van der Waals surface area contributed by atoms with Crippen LogP contribution in [0.25, 0.3) is 16.2 Å². The molecule has 1 aromatic carbocycles. The first-order chi connectivity index (χ1) is 12.6. The van der Waals surface area contributed by atoms with Gasteiger partial charge in [0.05, 0.1) is 17.9 Å². The van der Waals surface area contributed by atoms with E-state index in [9.17, 15) is 4.79 Å². The minimum Gasteiger partial charge on any atom is -0.334 e. The number of hydrogen-bond donors (Lipinski definition) is 0. The lowest BCUT2D eigenvalue weighted by molar-refractivity contribution is 0.0777. The molecular weight excluding hydrogens is 370 g/mol. The summed E-state index contributed by atoms with van der Waals surface area (Å²) in [6, 6.07) is 9.27. The quantitative estimate of drug-likeness (QED) is 0.538. The smallest absolute Gasteiger partial charge is 0.271 e. The summed E-state index contributed by atoms with van der Waals surface area (Å²) in [7, 11) is 1.75. The molecule has 0 fully saturated rings. The molecule has 0 radical (unpaired) electrons. The average Bonchev–Trinajstić information content (AvgIpc) is 3.23. The number of thiazole rings is 1. The van der Waals surface area contributed by atoms with Gasteiger partial charge in [0, 0.05) is 35.4 Å². The van der Waals surface area contributed by atoms with E-state index in [2.05, 4.69) is 15.0 Å². The molecule has 8 heteroatoms. The van der Waals surface area contributed by atoms with Crippen molar-refractivity contribution in [2.75, 3.05) is 7.05 Å². The second-order valence-corrected chi connectivity index (χ2v) is 7.04. The molecule has 0 saturated carbocycles. The highest BCUT2D eigenvalue weighted by Crippen LogP contribution is 2.25. The number of fused-ring (bicyclic) bond motifs is 1. The van der Waals surface area contributed by atoms with Crippen molar-refractivity contribution in [3.63, 3.8) is 0 Å². The number of rotatable bonds is 4. The molecule has 0 aliphatic heterocycles. The summed E-state index contributed by atoms with van der Waals surface area (Å²) < 4.78 is 1.83. The van der Waals surface area contributed by atoms with Crippen LogP contribution in [0.3, 0.4) is 0 Å². The Morgan fingerprint density at radius 3 is 2.81 bits per heavy atom. The van der Waals surface area contributed by atoms with Crippen molar-refractivity contribution in [1.82, 2.24) is 24.3 Å². The fraction of sp³-hybridized carbons (Fsp3) is 0.111. The van der Waals surface area contributed by atoms with E-state index in [0.717, 1.165) is 21.9 Å². The normalized spacial score (nSPS) is 11.0. The van der Waals surface area contributed by atoms with Gasteiger partial charge in [-0.2, -0.15) is 0 Å². The highest BCUT2D eigenvalue weighted by atomic mass is 35.5. The summed E-state index contributed by atoms with van der Waals surface area (Å²) in [6.07, 6.45) is 5.02. The van der Waals surface area contributed by atoms with E-state index in [1.807, 2.05) is 40.2 Å². The zero-order valence-corrected chi connectivity index (χ0v) is 15.4. The lowest BCUT2D eigenvalue weighted by Gasteiger charge is -2.15. The third-order valence-electron chi connectivity index (χ3n) is 3.96. The van der Waals surface area contributed by atoms with E-state index >= 15 is 0 Å². The Labute approximate surface area is 158 Å². The lowest BCUT2D eigenvalue weighted by Crippen LogP contribution is -2.27. The molecule has 0 aliphatic carbocycles. The monoisotopic (exact) mass is 383 g/mol. The second kappa shape index (κ2) is 6.86. The van der Waals surface area contributed by atoms with E-state index < -0.39 is 0 Å². The van der Waals surface area contributed by atoms with Crippen molar-refractivity contribution in [3.8, 4) is 11.3 Å². The van der Waals surface area contributed by atoms with Gasteiger partial charge in [0.1, 0.15) is 12.0 Å². The third kappa shape index (κ3) is 3.18. The summed E-state index contributed by atoms with van der Waals surface area (Å²) in [4.78, 5) is 27.9. The first-order valence-electron chi connectivity index (χ1n) is 7.85. The summed E-state index contributed by atoms with van der Waals surface area (Å²) in [5.74, 6) is -0.0880. The van der Waals surface area contributed by atoms with Crippen molar-refractivity contribution in [3.05, 3.63) is 70.8 Å². The zero-order chi connectivity index (χ0) is 18.1. The van der Waals surface area contributed by atoms with E-state index in [1.54, 1.807) is 24.2 Å². The number of carbonyl (C=O) groups is 1. The van der Waals surface area contributed by atoms with E-state index in [4.69, 9.17) is 11.6 Å². The van der Waals surface area contributed by atoms with Crippen molar-refractivity contribution < 1.29 is 4.79 Å². The van der Waals surface area contributed by atoms with Crippen LogP contribution in [0.4, 0.5) is 0 Å². The summed E-state index contributed by atoms with van der Waals surface area (Å²) >= 11 is 7.38. The maximum Gasteiger partial charge on any atom is 0.271 e. The first-order valence-corrected chi connectivity index (χ1v) is 9.10. The van der Waals surface area contributed by atoms with E-state index in [-0.39, 0.29) is 5.91 Å². The molecule has 130 valence electrons. The topological polar surface area (TPSA) is 63.4 Å². The maximum atomic E-state index is 12.8. The molecule has 0 spiro atoms. The Balaban J connectivity index is 1.62. The van der Waals surface area contributed by atoms with Crippen molar-refractivity contribution in [1.29, 1.82) is 0 Å². The number of amides is 1. The van der Waals surface area contributed by atoms with Crippen molar-refractivity contribution in [2.45, 2.75) is 6.54 Å². The number of aromatic nitrogens is 4. The number of halogens is 1. The molecular formula is C18H14ClN5OS. The van der Waals surface area contributed by atoms with Crippen LogP contribution in [0, 0.1) is 0 Å². The number of benzene rings is 1. The predicted octanol–water partition coefficient (Wildman–Crippen LogP) is 3.78. The number of hydrogen-bond acceptors (Lipinski definition) is 5. The molecule has 0 atom stereocenters. The molecule has 3 aromatic heterocycles. The molecule has 4 rings (SSSR count). The molecule has 6 nitrogen and oxygen atoms in total. The molecule has 26 heavy (non-hydrogen) atoms. The van der Waals surface area contributed by atoms with Crippen molar-refractivity contribution >= 4 is 33.8 Å². The Bertz CT molecular complexity index is 1060. The number of carbonyl (C=O) groups excluding carboxylic acids is 1. The van der Waals surface area contributed by atoms with Gasteiger partial charge in [-0.05, 0) is 18.2 Å². The van der Waals surface area contributed by atoms with Gasteiger partial charge in [0.15, 0.2) is 4.96 Å². The van der Waals surface area contributed by atoms with Gasteiger partial charge in [-0.15, -0.1) is 11.3 Å². The molecule has 0 saturated heterocycles. The minimum absolute atomic E-state index is 0.0880. The zero-order valence-electron chi connectivity index (χ0n) is 13.8. The largest absolute Gasteiger partial charge is 0.334 e. The molecule has 0 N–H and O–H groups in total. The number of nitrogens with zero attached hydrogens (tertiary/aromatic N) is 5. The fourth-order valence-electron chi connectivity index (χ4n) is 2.62. The molecule has 4 aromatic rings. The van der Waals surface area contributed by atoms with Crippen LogP contribution in [-0.2, 0) is 6.54 Å². The van der Waals surface area contributed by atoms with Gasteiger partial charge in [0.2, 0.25) is 0 Å². The fourth-order valence-corrected chi connectivity index (χ4v) is 3.59. The first kappa shape index (κ1) is 16.7. The average molecular weight is 384 g/mol. The van der Waals surface area contributed by atoms with Gasteiger partial charge >= 0.3 is 0 Å². The van der Waals surface area contributed by atoms with Crippen LogP contribution in [0.5, 0.6) is 0 Å². The maximum absolute atomic E-state index is 12.8. The van der Waals surface area contributed by atoms with Gasteiger partial charge in [-0.1, -0.05) is 23.7 Å². The lowest BCUT2D eigenvalue weighted by atomic mass is 10.2.